The summed E-state index contributed by atoms with van der Waals surface area (Å²) in [4.78, 5) is 30.3. The summed E-state index contributed by atoms with van der Waals surface area (Å²) >= 11 is 1.48. The van der Waals surface area contributed by atoms with Gasteiger partial charge in [0.05, 0.1) is 11.3 Å². The molecule has 2 aliphatic rings. The Labute approximate surface area is 176 Å². The molecule has 1 atom stereocenters. The maximum absolute atomic E-state index is 13.2. The van der Waals surface area contributed by atoms with Gasteiger partial charge >= 0.3 is 0 Å². The Morgan fingerprint density at radius 1 is 0.931 bits per heavy atom. The Morgan fingerprint density at radius 3 is 2.45 bits per heavy atom. The Kier molecular flexibility index (Phi) is 6.39. The van der Waals surface area contributed by atoms with E-state index in [4.69, 9.17) is 0 Å². The minimum atomic E-state index is 0.0547. The quantitative estimate of drug-likeness (QED) is 0.739. The summed E-state index contributed by atoms with van der Waals surface area (Å²) in [6, 6.07) is 18.0. The van der Waals surface area contributed by atoms with Gasteiger partial charge in [0, 0.05) is 42.8 Å². The van der Waals surface area contributed by atoms with Crippen molar-refractivity contribution in [1.29, 1.82) is 0 Å². The van der Waals surface area contributed by atoms with Crippen molar-refractivity contribution in [3.8, 4) is 0 Å². The lowest BCUT2D eigenvalue weighted by molar-refractivity contribution is -0.127. The number of rotatable bonds is 6. The Bertz CT molecular complexity index is 852. The van der Waals surface area contributed by atoms with Crippen molar-refractivity contribution in [3.63, 3.8) is 0 Å². The van der Waals surface area contributed by atoms with Crippen LogP contribution in [0.1, 0.15) is 29.6 Å². The van der Waals surface area contributed by atoms with E-state index in [1.54, 1.807) is 0 Å². The molecule has 0 spiro atoms. The average Bonchev–Trinajstić information content (AvgIpc) is 3.45. The smallest absolute Gasteiger partial charge is 0.255 e. The summed E-state index contributed by atoms with van der Waals surface area (Å²) in [6.45, 7) is 3.17. The standard InChI is InChI=1S/C23H27N3O2S/c27-22(25-13-6-7-14-25)17-29-21-11-5-4-10-20(21)23(28)26-15-12-19(16-26)24-18-8-2-1-3-9-18/h1-5,8-11,19,24H,6-7,12-17H2. The van der Waals surface area contributed by atoms with Crippen molar-refractivity contribution < 1.29 is 9.59 Å². The minimum absolute atomic E-state index is 0.0547. The number of anilines is 1. The zero-order valence-corrected chi connectivity index (χ0v) is 17.4. The van der Waals surface area contributed by atoms with E-state index in [-0.39, 0.29) is 17.9 Å². The van der Waals surface area contributed by atoms with E-state index in [0.717, 1.165) is 49.5 Å². The van der Waals surface area contributed by atoms with Gasteiger partial charge in [-0.15, -0.1) is 11.8 Å². The second kappa shape index (κ2) is 9.35. The van der Waals surface area contributed by atoms with E-state index in [0.29, 0.717) is 17.9 Å². The van der Waals surface area contributed by atoms with Crippen LogP contribution < -0.4 is 5.32 Å². The molecule has 2 fully saturated rings. The van der Waals surface area contributed by atoms with Gasteiger partial charge in [0.2, 0.25) is 5.91 Å². The number of benzene rings is 2. The molecule has 0 aromatic heterocycles. The normalized spacial score (nSPS) is 18.8. The number of likely N-dealkylation sites (tertiary alicyclic amines) is 2. The highest BCUT2D eigenvalue weighted by Crippen LogP contribution is 2.26. The molecule has 0 aliphatic carbocycles. The summed E-state index contributed by atoms with van der Waals surface area (Å²) in [5, 5.41) is 3.51. The SMILES string of the molecule is O=C(CSc1ccccc1C(=O)N1CCC(Nc2ccccc2)C1)N1CCCC1. The molecule has 29 heavy (non-hydrogen) atoms. The number of carbonyl (C=O) groups is 2. The Balaban J connectivity index is 1.37. The van der Waals surface area contributed by atoms with Gasteiger partial charge < -0.3 is 15.1 Å². The van der Waals surface area contributed by atoms with Gasteiger partial charge in [-0.05, 0) is 43.5 Å². The van der Waals surface area contributed by atoms with Gasteiger partial charge in [-0.2, -0.15) is 0 Å². The second-order valence-corrected chi connectivity index (χ2v) is 8.64. The minimum Gasteiger partial charge on any atom is -0.380 e. The molecule has 152 valence electrons. The van der Waals surface area contributed by atoms with Gasteiger partial charge in [-0.25, -0.2) is 0 Å². The molecule has 1 unspecified atom stereocenters. The van der Waals surface area contributed by atoms with Crippen molar-refractivity contribution >= 4 is 29.3 Å². The molecule has 2 aromatic carbocycles. The molecule has 0 radical (unpaired) electrons. The molecule has 2 amide bonds. The van der Waals surface area contributed by atoms with Crippen LogP contribution in [0.25, 0.3) is 0 Å². The fourth-order valence-electron chi connectivity index (χ4n) is 3.97. The predicted octanol–water partition coefficient (Wildman–Crippen LogP) is 3.73. The number of amides is 2. The van der Waals surface area contributed by atoms with Gasteiger partial charge in [-0.1, -0.05) is 30.3 Å². The van der Waals surface area contributed by atoms with Gasteiger partial charge in [0.25, 0.3) is 5.91 Å². The summed E-state index contributed by atoms with van der Waals surface area (Å²) < 4.78 is 0. The first kappa shape index (κ1) is 19.8. The molecular formula is C23H27N3O2S. The van der Waals surface area contributed by atoms with Crippen molar-refractivity contribution in [1.82, 2.24) is 9.80 Å². The lowest BCUT2D eigenvalue weighted by atomic mass is 10.2. The number of nitrogens with zero attached hydrogens (tertiary/aromatic N) is 2. The van der Waals surface area contributed by atoms with Crippen LogP contribution in [0.15, 0.2) is 59.5 Å². The molecule has 4 rings (SSSR count). The van der Waals surface area contributed by atoms with Crippen LogP contribution in [0.4, 0.5) is 5.69 Å². The van der Waals surface area contributed by atoms with E-state index < -0.39 is 0 Å². The van der Waals surface area contributed by atoms with Crippen molar-refractivity contribution in [3.05, 3.63) is 60.2 Å². The average molecular weight is 410 g/mol. The van der Waals surface area contributed by atoms with Crippen molar-refractivity contribution in [2.75, 3.05) is 37.2 Å². The third kappa shape index (κ3) is 4.93. The van der Waals surface area contributed by atoms with Crippen LogP contribution in [0.3, 0.4) is 0 Å². The molecule has 2 aromatic rings. The molecule has 2 heterocycles. The first-order valence-electron chi connectivity index (χ1n) is 10.3. The molecule has 2 aliphatic heterocycles. The zero-order chi connectivity index (χ0) is 20.1. The highest BCUT2D eigenvalue weighted by molar-refractivity contribution is 8.00. The number of thioether (sulfide) groups is 1. The Hall–Kier alpha value is -2.47. The molecule has 1 N–H and O–H groups in total. The van der Waals surface area contributed by atoms with Crippen LogP contribution in [-0.2, 0) is 4.79 Å². The lowest BCUT2D eigenvalue weighted by Crippen LogP contribution is -2.32. The maximum Gasteiger partial charge on any atom is 0.255 e. The fraction of sp³-hybridized carbons (Fsp3) is 0.391. The predicted molar refractivity (Wildman–Crippen MR) is 117 cm³/mol. The molecule has 2 saturated heterocycles. The molecule has 0 bridgehead atoms. The Morgan fingerprint density at radius 2 is 1.66 bits per heavy atom. The summed E-state index contributed by atoms with van der Waals surface area (Å²) in [7, 11) is 0. The van der Waals surface area contributed by atoms with Crippen LogP contribution in [0.2, 0.25) is 0 Å². The first-order valence-corrected chi connectivity index (χ1v) is 11.3. The zero-order valence-electron chi connectivity index (χ0n) is 16.5. The molecular weight excluding hydrogens is 382 g/mol. The van der Waals surface area contributed by atoms with E-state index in [2.05, 4.69) is 5.32 Å². The number of hydrogen-bond donors (Lipinski definition) is 1. The summed E-state index contributed by atoms with van der Waals surface area (Å²) in [6.07, 6.45) is 3.13. The third-order valence-corrected chi connectivity index (χ3v) is 6.61. The largest absolute Gasteiger partial charge is 0.380 e. The highest BCUT2D eigenvalue weighted by Gasteiger charge is 2.28. The number of nitrogens with one attached hydrogen (secondary N) is 1. The molecule has 0 saturated carbocycles. The number of hydrogen-bond acceptors (Lipinski definition) is 4. The van der Waals surface area contributed by atoms with Crippen LogP contribution in [0, 0.1) is 0 Å². The third-order valence-electron chi connectivity index (χ3n) is 5.55. The van der Waals surface area contributed by atoms with Gasteiger partial charge in [0.1, 0.15) is 0 Å². The van der Waals surface area contributed by atoms with Crippen LogP contribution >= 0.6 is 11.8 Å². The second-order valence-electron chi connectivity index (χ2n) is 7.62. The maximum atomic E-state index is 13.2. The summed E-state index contributed by atoms with van der Waals surface area (Å²) in [5.41, 5.74) is 1.79. The fourth-order valence-corrected chi connectivity index (χ4v) is 4.92. The number of carbonyl (C=O) groups excluding carboxylic acids is 2. The number of para-hydroxylation sites is 1. The van der Waals surface area contributed by atoms with E-state index in [1.165, 1.54) is 11.8 Å². The van der Waals surface area contributed by atoms with E-state index in [1.807, 2.05) is 64.4 Å². The summed E-state index contributed by atoms with van der Waals surface area (Å²) in [5.74, 6) is 0.616. The van der Waals surface area contributed by atoms with E-state index >= 15 is 0 Å². The molecule has 5 nitrogen and oxygen atoms in total. The van der Waals surface area contributed by atoms with Gasteiger partial charge in [0.15, 0.2) is 0 Å². The van der Waals surface area contributed by atoms with E-state index in [9.17, 15) is 9.59 Å². The van der Waals surface area contributed by atoms with Crippen LogP contribution in [0.5, 0.6) is 0 Å². The monoisotopic (exact) mass is 409 g/mol. The van der Waals surface area contributed by atoms with Gasteiger partial charge in [-0.3, -0.25) is 9.59 Å². The van der Waals surface area contributed by atoms with Crippen molar-refractivity contribution in [2.24, 2.45) is 0 Å². The lowest BCUT2D eigenvalue weighted by Gasteiger charge is -2.20. The van der Waals surface area contributed by atoms with Crippen molar-refractivity contribution in [2.45, 2.75) is 30.2 Å². The first-order chi connectivity index (χ1) is 14.2. The van der Waals surface area contributed by atoms with Crippen LogP contribution in [-0.4, -0.2) is 59.6 Å². The highest BCUT2D eigenvalue weighted by atomic mass is 32.2. The molecule has 6 heteroatoms. The topological polar surface area (TPSA) is 52.7 Å².